The van der Waals surface area contributed by atoms with Crippen molar-refractivity contribution < 1.29 is 0 Å². The Morgan fingerprint density at radius 1 is 1.26 bits per heavy atom. The zero-order valence-electron chi connectivity index (χ0n) is 17.2. The Hall–Kier alpha value is -1.39. The number of benzene rings is 1. The van der Waals surface area contributed by atoms with Gasteiger partial charge < -0.3 is 10.6 Å². The van der Waals surface area contributed by atoms with E-state index < -0.39 is 0 Å². The summed E-state index contributed by atoms with van der Waals surface area (Å²) in [5.41, 5.74) is 3.68. The van der Waals surface area contributed by atoms with Gasteiger partial charge in [0.05, 0.1) is 15.2 Å². The number of rotatable bonds is 9. The van der Waals surface area contributed by atoms with Crippen LogP contribution in [0, 0.1) is 5.92 Å². The minimum Gasteiger partial charge on any atom is -0.385 e. The summed E-state index contributed by atoms with van der Waals surface area (Å²) in [4.78, 5) is 4.83. The van der Waals surface area contributed by atoms with Crippen LogP contribution in [-0.4, -0.2) is 24.6 Å². The summed E-state index contributed by atoms with van der Waals surface area (Å²) in [6.45, 7) is 9.82. The zero-order valence-corrected chi connectivity index (χ0v) is 18.0. The molecule has 1 heterocycles. The fraction of sp³-hybridized carbons (Fsp3) is 0.609. The lowest BCUT2D eigenvalue weighted by atomic mass is 9.83. The van der Waals surface area contributed by atoms with Gasteiger partial charge in [0, 0.05) is 24.7 Å². The molecule has 1 atom stereocenters. The maximum atomic E-state index is 4.83. The standard InChI is InChI=1S/C23H35N3S/c1-16(2)19-11-12-20-22(14-19)27-23(26-20)13-10-17(3)25-21(15-24-4)18-8-6-5-7-9-18/h11-12,14,16,18,21,24-25H,3,5-10,13,15H2,1-2,4H3. The Kier molecular flexibility index (Phi) is 7.31. The molecule has 1 aliphatic rings. The first kappa shape index (κ1) is 20.3. The Balaban J connectivity index is 1.56. The predicted molar refractivity (Wildman–Crippen MR) is 119 cm³/mol. The highest BCUT2D eigenvalue weighted by Gasteiger charge is 2.23. The van der Waals surface area contributed by atoms with E-state index in [0.29, 0.717) is 12.0 Å². The van der Waals surface area contributed by atoms with E-state index in [1.807, 2.05) is 18.4 Å². The van der Waals surface area contributed by atoms with Gasteiger partial charge in [-0.3, -0.25) is 0 Å². The van der Waals surface area contributed by atoms with E-state index in [1.54, 1.807) is 0 Å². The maximum Gasteiger partial charge on any atom is 0.0942 e. The Bertz CT molecular complexity index is 743. The highest BCUT2D eigenvalue weighted by Crippen LogP contribution is 2.28. The molecule has 1 aromatic heterocycles. The number of likely N-dealkylation sites (N-methyl/N-ethyl adjacent to an activating group) is 1. The van der Waals surface area contributed by atoms with Gasteiger partial charge in [0.25, 0.3) is 0 Å². The first-order valence-electron chi connectivity index (χ1n) is 10.5. The van der Waals surface area contributed by atoms with Gasteiger partial charge in [0.15, 0.2) is 0 Å². The van der Waals surface area contributed by atoms with Gasteiger partial charge in [-0.1, -0.05) is 45.8 Å². The number of aryl methyl sites for hydroxylation is 1. The van der Waals surface area contributed by atoms with E-state index in [0.717, 1.165) is 36.5 Å². The average molecular weight is 386 g/mol. The molecule has 1 saturated carbocycles. The molecule has 0 spiro atoms. The SMILES string of the molecule is C=C(CCc1nc2ccc(C(C)C)cc2s1)NC(CNC)C1CCCCC1. The Morgan fingerprint density at radius 3 is 2.74 bits per heavy atom. The molecule has 0 bridgehead atoms. The van der Waals surface area contributed by atoms with Crippen LogP contribution in [0.2, 0.25) is 0 Å². The minimum atomic E-state index is 0.506. The van der Waals surface area contributed by atoms with E-state index in [4.69, 9.17) is 4.98 Å². The summed E-state index contributed by atoms with van der Waals surface area (Å²) >= 11 is 1.84. The van der Waals surface area contributed by atoms with Crippen molar-refractivity contribution in [1.29, 1.82) is 0 Å². The largest absolute Gasteiger partial charge is 0.385 e. The molecular formula is C23H35N3S. The van der Waals surface area contributed by atoms with Crippen molar-refractivity contribution in [2.75, 3.05) is 13.6 Å². The summed E-state index contributed by atoms with van der Waals surface area (Å²) in [5, 5.41) is 8.32. The van der Waals surface area contributed by atoms with Crippen LogP contribution in [0.3, 0.4) is 0 Å². The lowest BCUT2D eigenvalue weighted by molar-refractivity contribution is 0.275. The van der Waals surface area contributed by atoms with Crippen LogP contribution in [0.5, 0.6) is 0 Å². The van der Waals surface area contributed by atoms with Crippen molar-refractivity contribution in [3.63, 3.8) is 0 Å². The van der Waals surface area contributed by atoms with Gasteiger partial charge in [-0.2, -0.15) is 0 Å². The van der Waals surface area contributed by atoms with E-state index in [9.17, 15) is 0 Å². The topological polar surface area (TPSA) is 37.0 Å². The normalized spacial score (nSPS) is 16.7. The molecule has 1 unspecified atom stereocenters. The minimum absolute atomic E-state index is 0.506. The molecule has 2 aromatic rings. The van der Waals surface area contributed by atoms with Crippen LogP contribution in [0.1, 0.15) is 68.9 Å². The summed E-state index contributed by atoms with van der Waals surface area (Å²) in [6.07, 6.45) is 8.79. The van der Waals surface area contributed by atoms with Crippen molar-refractivity contribution in [3.8, 4) is 0 Å². The second kappa shape index (κ2) is 9.70. The molecule has 2 N–H and O–H groups in total. The van der Waals surface area contributed by atoms with E-state index in [2.05, 4.69) is 49.3 Å². The Morgan fingerprint density at radius 2 is 2.04 bits per heavy atom. The van der Waals surface area contributed by atoms with Gasteiger partial charge in [0.2, 0.25) is 0 Å². The fourth-order valence-electron chi connectivity index (χ4n) is 4.14. The van der Waals surface area contributed by atoms with Crippen LogP contribution < -0.4 is 10.6 Å². The molecular weight excluding hydrogens is 350 g/mol. The van der Waals surface area contributed by atoms with Gasteiger partial charge in [-0.05, 0) is 55.8 Å². The molecule has 0 saturated heterocycles. The molecule has 4 heteroatoms. The molecule has 0 radical (unpaired) electrons. The van der Waals surface area contributed by atoms with Crippen LogP contribution in [0.4, 0.5) is 0 Å². The monoisotopic (exact) mass is 385 g/mol. The van der Waals surface area contributed by atoms with Crippen LogP contribution in [0.15, 0.2) is 30.5 Å². The average Bonchev–Trinajstić information content (AvgIpc) is 3.09. The predicted octanol–water partition coefficient (Wildman–Crippen LogP) is 5.62. The van der Waals surface area contributed by atoms with Crippen LogP contribution >= 0.6 is 11.3 Å². The molecule has 0 aliphatic heterocycles. The van der Waals surface area contributed by atoms with E-state index in [1.165, 1.54) is 47.4 Å². The molecule has 1 aromatic carbocycles. The number of nitrogens with zero attached hydrogens (tertiary/aromatic N) is 1. The number of hydrogen-bond donors (Lipinski definition) is 2. The fourth-order valence-corrected chi connectivity index (χ4v) is 5.15. The van der Waals surface area contributed by atoms with Crippen molar-refractivity contribution in [3.05, 3.63) is 41.0 Å². The lowest BCUT2D eigenvalue weighted by Gasteiger charge is -2.32. The first-order valence-corrected chi connectivity index (χ1v) is 11.4. The number of nitrogens with one attached hydrogen (secondary N) is 2. The third-order valence-electron chi connectivity index (χ3n) is 5.80. The van der Waals surface area contributed by atoms with Gasteiger partial charge >= 0.3 is 0 Å². The highest BCUT2D eigenvalue weighted by atomic mass is 32.1. The van der Waals surface area contributed by atoms with E-state index >= 15 is 0 Å². The third kappa shape index (κ3) is 5.55. The Labute approximate surface area is 168 Å². The van der Waals surface area contributed by atoms with Crippen LogP contribution in [0.25, 0.3) is 10.2 Å². The first-order chi connectivity index (χ1) is 13.1. The summed E-state index contributed by atoms with van der Waals surface area (Å²) in [6, 6.07) is 7.19. The highest BCUT2D eigenvalue weighted by molar-refractivity contribution is 7.18. The number of aromatic nitrogens is 1. The number of hydrogen-bond acceptors (Lipinski definition) is 4. The zero-order chi connectivity index (χ0) is 19.2. The summed E-state index contributed by atoms with van der Waals surface area (Å²) < 4.78 is 1.31. The summed E-state index contributed by atoms with van der Waals surface area (Å²) in [7, 11) is 2.05. The van der Waals surface area contributed by atoms with Crippen molar-refractivity contribution in [2.24, 2.45) is 5.92 Å². The van der Waals surface area contributed by atoms with Gasteiger partial charge in [-0.25, -0.2) is 4.98 Å². The molecule has 3 nitrogen and oxygen atoms in total. The number of thiazole rings is 1. The molecule has 148 valence electrons. The lowest BCUT2D eigenvalue weighted by Crippen LogP contribution is -2.43. The van der Waals surface area contributed by atoms with E-state index in [-0.39, 0.29) is 0 Å². The third-order valence-corrected chi connectivity index (χ3v) is 6.87. The number of allylic oxidation sites excluding steroid dienone is 1. The maximum absolute atomic E-state index is 4.83. The van der Waals surface area contributed by atoms with Crippen molar-refractivity contribution >= 4 is 21.6 Å². The molecule has 1 aliphatic carbocycles. The van der Waals surface area contributed by atoms with Crippen LogP contribution in [-0.2, 0) is 6.42 Å². The molecule has 0 amide bonds. The van der Waals surface area contributed by atoms with Gasteiger partial charge in [-0.15, -0.1) is 11.3 Å². The molecule has 3 rings (SSSR count). The smallest absolute Gasteiger partial charge is 0.0942 e. The molecule has 27 heavy (non-hydrogen) atoms. The summed E-state index contributed by atoms with van der Waals surface area (Å²) in [5.74, 6) is 1.34. The van der Waals surface area contributed by atoms with Crippen molar-refractivity contribution in [2.45, 2.75) is 70.8 Å². The molecule has 1 fully saturated rings. The number of fused-ring (bicyclic) bond motifs is 1. The van der Waals surface area contributed by atoms with Gasteiger partial charge in [0.1, 0.15) is 0 Å². The quantitative estimate of drug-likeness (QED) is 0.588. The van der Waals surface area contributed by atoms with Crippen molar-refractivity contribution in [1.82, 2.24) is 15.6 Å². The second-order valence-corrected chi connectivity index (χ2v) is 9.41. The second-order valence-electron chi connectivity index (χ2n) is 8.30.